The summed E-state index contributed by atoms with van der Waals surface area (Å²) >= 11 is 0. The van der Waals surface area contributed by atoms with Crippen molar-refractivity contribution in [1.29, 1.82) is 0 Å². The second-order valence-corrected chi connectivity index (χ2v) is 27.9. The number of hydrogen-bond donors (Lipinski definition) is 0. The van der Waals surface area contributed by atoms with Gasteiger partial charge in [0.05, 0.1) is 33.4 Å². The third-order valence-electron chi connectivity index (χ3n) is 19.7. The lowest BCUT2D eigenvalue weighted by Gasteiger charge is -2.39. The Labute approximate surface area is 476 Å². The first-order chi connectivity index (χ1) is 40.1. The molecule has 0 bridgehead atoms. The van der Waals surface area contributed by atoms with Crippen LogP contribution in [0.5, 0.6) is 0 Å². The van der Waals surface area contributed by atoms with E-state index in [1.54, 1.807) is 0 Å². The lowest BCUT2D eigenvalue weighted by Crippen LogP contribution is -2.30. The summed E-state index contributed by atoms with van der Waals surface area (Å²) in [6.45, 7) is 9.46. The molecule has 0 fully saturated rings. The summed E-state index contributed by atoms with van der Waals surface area (Å²) in [5, 5.41) is 4.91. The molecule has 4 aliphatic rings. The Kier molecular flexibility index (Phi) is 8.81. The molecule has 0 amide bonds. The van der Waals surface area contributed by atoms with Crippen LogP contribution in [0.2, 0.25) is 0 Å². The lowest BCUT2D eigenvalue weighted by molar-refractivity contribution is 0.658. The fourth-order valence-corrected chi connectivity index (χ4v) is 21.3. The maximum atomic E-state index is 18.7. The molecule has 4 heteroatoms. The van der Waals surface area contributed by atoms with E-state index in [4.69, 9.17) is 0 Å². The van der Waals surface area contributed by atoms with Crippen molar-refractivity contribution in [1.82, 2.24) is 9.13 Å². The summed E-state index contributed by atoms with van der Waals surface area (Å²) in [4.78, 5) is 3.46. The molecule has 0 saturated carbocycles. The molecule has 82 heavy (non-hydrogen) atoms. The van der Waals surface area contributed by atoms with Crippen molar-refractivity contribution in [3.63, 3.8) is 0 Å². The van der Waals surface area contributed by atoms with E-state index in [0.717, 1.165) is 86.5 Å². The van der Waals surface area contributed by atoms with Crippen LogP contribution in [0.1, 0.15) is 49.9 Å². The Bertz CT molecular complexity index is 4980. The molecule has 2 aliphatic carbocycles. The van der Waals surface area contributed by atoms with Gasteiger partial charge < -0.3 is 9.13 Å². The molecule has 2 aromatic heterocycles. The monoisotopic (exact) mass is 1070 g/mol. The van der Waals surface area contributed by atoms with Gasteiger partial charge in [-0.15, -0.1) is 0 Å². The fourth-order valence-electron chi connectivity index (χ4n) is 16.1. The van der Waals surface area contributed by atoms with E-state index in [9.17, 15) is 0 Å². The van der Waals surface area contributed by atoms with Gasteiger partial charge in [0.1, 0.15) is 0 Å². The van der Waals surface area contributed by atoms with Gasteiger partial charge in [0.2, 0.25) is 0 Å². The molecule has 18 rings (SSSR count). The lowest BCUT2D eigenvalue weighted by atomic mass is 9.82. The zero-order valence-corrected chi connectivity index (χ0v) is 46.8. The Hall–Kier alpha value is -9.61. The van der Waals surface area contributed by atoms with Crippen molar-refractivity contribution < 1.29 is 4.21 Å². The summed E-state index contributed by atoms with van der Waals surface area (Å²) in [6.07, 6.45) is 0. The number of rotatable bonds is 4. The number of nitrogens with zero attached hydrogens (tertiary/aromatic N) is 2. The molecular weight excluding hydrogens is 1010 g/mol. The Morgan fingerprint density at radius 3 is 1.06 bits per heavy atom. The minimum absolute atomic E-state index is 0.169. The standard InChI is InChI=1S/C78H54N2OS/c1-77(2)61-33-13-5-23-47(61)57-43-59-51-27-9-17-37-67(51)79(69(59)45-63(57)77)65-35-15-7-25-49(65)53-31-21-41-73-75(53)55-29-11-19-39-71(55)82(73,81)72-40-20-12-30-56(72)76-54(32-22-42-74(76)82)50-26-8-16-36-66(50)80-68-38-18-10-28-52(68)60-44-58-48-24-6-14-34-62(48)78(3,4)64(58)46-70(60)80/h5-46H,1-4H3. The van der Waals surface area contributed by atoms with Crippen LogP contribution in [-0.2, 0) is 19.9 Å². The van der Waals surface area contributed by atoms with Crippen LogP contribution in [0.4, 0.5) is 0 Å². The maximum absolute atomic E-state index is 18.7. The molecule has 0 saturated heterocycles. The first kappa shape index (κ1) is 46.2. The predicted molar refractivity (Wildman–Crippen MR) is 340 cm³/mol. The van der Waals surface area contributed by atoms with Crippen molar-refractivity contribution >= 4 is 52.7 Å². The van der Waals surface area contributed by atoms with Gasteiger partial charge in [0.15, 0.2) is 0 Å². The number of fused-ring (bicyclic) bond motifs is 22. The predicted octanol–water partition coefficient (Wildman–Crippen LogP) is 20.1. The van der Waals surface area contributed by atoms with Crippen molar-refractivity contribution in [2.75, 3.05) is 0 Å². The average molecular weight is 1070 g/mol. The molecule has 2 aliphatic heterocycles. The van der Waals surface area contributed by atoms with Gasteiger partial charge >= 0.3 is 0 Å². The van der Waals surface area contributed by atoms with E-state index in [0.29, 0.717) is 0 Å². The molecule has 0 unspecified atom stereocenters. The van der Waals surface area contributed by atoms with E-state index in [-0.39, 0.29) is 10.8 Å². The van der Waals surface area contributed by atoms with Crippen molar-refractivity contribution in [3.8, 4) is 78.1 Å². The number of hydrogen-bond acceptors (Lipinski definition) is 1. The van der Waals surface area contributed by atoms with E-state index in [2.05, 4.69) is 292 Å². The van der Waals surface area contributed by atoms with Crippen LogP contribution in [0, 0.1) is 0 Å². The van der Waals surface area contributed by atoms with Crippen LogP contribution in [-0.4, -0.2) is 13.3 Å². The molecule has 14 aromatic rings. The SMILES string of the molecule is CC1(C)c2ccccc2-c2cc3c4ccccc4n(-c4ccccc4-c4cccc5c4-c4ccccc4S54(=O)c5ccccc5-c5c(-c6ccccc6-n6c7ccccc7c7cc8c(cc76)C(C)(C)c6ccccc6-8)cccc54)c3cc21. The quantitative estimate of drug-likeness (QED) is 0.173. The minimum Gasteiger partial charge on any atom is -0.309 e. The third-order valence-corrected chi connectivity index (χ3v) is 24.4. The van der Waals surface area contributed by atoms with Gasteiger partial charge in [-0.3, -0.25) is 4.21 Å². The number of aromatic nitrogens is 2. The molecule has 1 spiro atoms. The van der Waals surface area contributed by atoms with Crippen LogP contribution in [0.15, 0.2) is 274 Å². The van der Waals surface area contributed by atoms with Crippen molar-refractivity contribution in [3.05, 3.63) is 277 Å². The summed E-state index contributed by atoms with van der Waals surface area (Å²) in [6, 6.07) is 93.6. The second-order valence-electron chi connectivity index (χ2n) is 24.2. The van der Waals surface area contributed by atoms with E-state index in [1.807, 2.05) is 0 Å². The van der Waals surface area contributed by atoms with Gasteiger partial charge in [0, 0.05) is 83.3 Å². The van der Waals surface area contributed by atoms with Gasteiger partial charge in [0.25, 0.3) is 0 Å². The minimum atomic E-state index is -4.35. The van der Waals surface area contributed by atoms with Gasteiger partial charge in [-0.1, -0.05) is 210 Å². The first-order valence-electron chi connectivity index (χ1n) is 28.7. The van der Waals surface area contributed by atoms with E-state index >= 15 is 4.21 Å². The first-order valence-corrected chi connectivity index (χ1v) is 30.7. The molecule has 3 nitrogen and oxygen atoms in total. The van der Waals surface area contributed by atoms with Crippen LogP contribution < -0.4 is 0 Å². The zero-order valence-electron chi connectivity index (χ0n) is 46.0. The van der Waals surface area contributed by atoms with Crippen LogP contribution in [0.25, 0.3) is 122 Å². The fraction of sp³-hybridized carbons (Fsp3) is 0.0769. The normalized spacial score (nSPS) is 16.1. The molecular formula is C78H54N2OS. The smallest absolute Gasteiger partial charge is 0.0544 e. The van der Waals surface area contributed by atoms with Gasteiger partial charge in [-0.2, -0.15) is 0 Å². The summed E-state index contributed by atoms with van der Waals surface area (Å²) in [5.74, 6) is 0. The van der Waals surface area contributed by atoms with Crippen molar-refractivity contribution in [2.24, 2.45) is 0 Å². The van der Waals surface area contributed by atoms with Crippen LogP contribution >= 0.6 is 0 Å². The molecule has 12 aromatic carbocycles. The maximum Gasteiger partial charge on any atom is 0.0544 e. The van der Waals surface area contributed by atoms with Gasteiger partial charge in [-0.25, -0.2) is 0 Å². The Morgan fingerprint density at radius 1 is 0.268 bits per heavy atom. The summed E-state index contributed by atoms with van der Waals surface area (Å²) < 4.78 is 23.7. The molecule has 0 radical (unpaired) electrons. The zero-order chi connectivity index (χ0) is 54.6. The highest BCUT2D eigenvalue weighted by Crippen LogP contribution is 2.73. The summed E-state index contributed by atoms with van der Waals surface area (Å²) in [5.41, 5.74) is 25.5. The number of para-hydroxylation sites is 4. The molecule has 388 valence electrons. The molecule has 0 N–H and O–H groups in total. The van der Waals surface area contributed by atoms with Crippen molar-refractivity contribution in [2.45, 2.75) is 58.1 Å². The highest BCUT2D eigenvalue weighted by Gasteiger charge is 2.58. The molecule has 4 heterocycles. The highest BCUT2D eigenvalue weighted by molar-refractivity contribution is 8.21. The highest BCUT2D eigenvalue weighted by atomic mass is 32.3. The van der Waals surface area contributed by atoms with E-state index < -0.39 is 9.07 Å². The molecule has 0 atom stereocenters. The topological polar surface area (TPSA) is 26.9 Å². The summed E-state index contributed by atoms with van der Waals surface area (Å²) in [7, 11) is -4.35. The Morgan fingerprint density at radius 2 is 0.610 bits per heavy atom. The number of benzene rings is 12. The third kappa shape index (κ3) is 5.41. The Balaban J connectivity index is 0.874. The largest absolute Gasteiger partial charge is 0.309 e. The van der Waals surface area contributed by atoms with E-state index in [1.165, 1.54) is 77.1 Å². The van der Waals surface area contributed by atoms with Gasteiger partial charge in [-0.05, 0) is 140 Å². The second kappa shape index (κ2) is 15.6. The van der Waals surface area contributed by atoms with Crippen LogP contribution in [0.3, 0.4) is 0 Å². The average Bonchev–Trinajstić information content (AvgIpc) is 1.71.